The first-order valence-electron chi connectivity index (χ1n) is 7.21. The predicted molar refractivity (Wildman–Crippen MR) is 83.6 cm³/mol. The Labute approximate surface area is 138 Å². The number of alkyl halides is 3. The average Bonchev–Trinajstić information content (AvgIpc) is 2.51. The van der Waals surface area contributed by atoms with Crippen molar-refractivity contribution in [2.75, 3.05) is 5.32 Å². The molecule has 0 saturated heterocycles. The second-order valence-corrected chi connectivity index (χ2v) is 5.35. The molecule has 25 heavy (non-hydrogen) atoms. The summed E-state index contributed by atoms with van der Waals surface area (Å²) in [5.41, 5.74) is -1.44. The van der Waals surface area contributed by atoms with Gasteiger partial charge in [0.15, 0.2) is 0 Å². The van der Waals surface area contributed by atoms with E-state index in [1.807, 2.05) is 0 Å². The number of fused-ring (bicyclic) bond motifs is 1. The molecule has 0 fully saturated rings. The van der Waals surface area contributed by atoms with Gasteiger partial charge < -0.3 is 10.3 Å². The first-order chi connectivity index (χ1) is 11.8. The maximum absolute atomic E-state index is 14.1. The molecule has 2 heterocycles. The topological polar surface area (TPSA) is 70.7 Å². The highest BCUT2D eigenvalue weighted by atomic mass is 19.4. The zero-order chi connectivity index (χ0) is 18.2. The van der Waals surface area contributed by atoms with Crippen LogP contribution in [0.15, 0.2) is 35.3 Å². The largest absolute Gasteiger partial charge is 0.419 e. The number of aryl methyl sites for hydroxylation is 1. The fraction of sp³-hybridized carbons (Fsp3) is 0.188. The van der Waals surface area contributed by atoms with Crippen LogP contribution in [0.3, 0.4) is 0 Å². The summed E-state index contributed by atoms with van der Waals surface area (Å²) in [5.74, 6) is -0.674. The molecule has 0 unspecified atom stereocenters. The van der Waals surface area contributed by atoms with Crippen molar-refractivity contribution in [1.29, 1.82) is 0 Å². The molecule has 1 aromatic carbocycles. The summed E-state index contributed by atoms with van der Waals surface area (Å²) in [6, 6.07) is 4.37. The molecule has 0 aliphatic carbocycles. The van der Waals surface area contributed by atoms with Crippen LogP contribution in [0.1, 0.15) is 17.0 Å². The minimum Gasteiger partial charge on any atom is -0.365 e. The summed E-state index contributed by atoms with van der Waals surface area (Å²) in [4.78, 5) is 22.1. The van der Waals surface area contributed by atoms with Crippen molar-refractivity contribution in [1.82, 2.24) is 15.0 Å². The van der Waals surface area contributed by atoms with Crippen molar-refractivity contribution in [2.45, 2.75) is 19.6 Å². The molecule has 0 radical (unpaired) electrons. The summed E-state index contributed by atoms with van der Waals surface area (Å²) < 4.78 is 52.4. The minimum atomic E-state index is -4.77. The molecule has 0 saturated carbocycles. The number of aromatic amines is 1. The molecule has 3 rings (SSSR count). The molecule has 9 heteroatoms. The summed E-state index contributed by atoms with van der Waals surface area (Å²) in [6.07, 6.45) is -3.38. The molecule has 0 aliphatic rings. The van der Waals surface area contributed by atoms with Gasteiger partial charge in [0.1, 0.15) is 17.5 Å². The van der Waals surface area contributed by atoms with Crippen molar-refractivity contribution in [2.24, 2.45) is 0 Å². The van der Waals surface area contributed by atoms with Crippen molar-refractivity contribution in [3.63, 3.8) is 0 Å². The molecular formula is C16H12F4N4O. The Balaban J connectivity index is 1.95. The highest BCUT2D eigenvalue weighted by Gasteiger charge is 2.34. The van der Waals surface area contributed by atoms with E-state index in [0.717, 1.165) is 6.07 Å². The van der Waals surface area contributed by atoms with Crippen LogP contribution in [-0.2, 0) is 12.7 Å². The molecule has 3 aromatic rings. The van der Waals surface area contributed by atoms with Gasteiger partial charge in [0, 0.05) is 24.4 Å². The lowest BCUT2D eigenvalue weighted by Gasteiger charge is -2.13. The normalized spacial score (nSPS) is 11.7. The fourth-order valence-electron chi connectivity index (χ4n) is 2.41. The first-order valence-corrected chi connectivity index (χ1v) is 7.21. The maximum atomic E-state index is 14.1. The lowest BCUT2D eigenvalue weighted by atomic mass is 10.1. The van der Waals surface area contributed by atoms with Crippen LogP contribution in [0.4, 0.5) is 23.4 Å². The molecule has 0 atom stereocenters. The van der Waals surface area contributed by atoms with Crippen LogP contribution in [0.25, 0.3) is 10.9 Å². The van der Waals surface area contributed by atoms with Crippen molar-refractivity contribution < 1.29 is 17.6 Å². The zero-order valence-electron chi connectivity index (χ0n) is 12.9. The number of hydrogen-bond acceptors (Lipinski definition) is 4. The van der Waals surface area contributed by atoms with Gasteiger partial charge in [-0.15, -0.1) is 0 Å². The van der Waals surface area contributed by atoms with Crippen molar-refractivity contribution in [3.8, 4) is 0 Å². The molecule has 2 N–H and O–H groups in total. The van der Waals surface area contributed by atoms with Gasteiger partial charge in [0.2, 0.25) is 5.56 Å². The highest BCUT2D eigenvalue weighted by Crippen LogP contribution is 2.32. The summed E-state index contributed by atoms with van der Waals surface area (Å²) in [7, 11) is 0. The number of nitrogens with one attached hydrogen (secondary N) is 2. The Morgan fingerprint density at radius 2 is 2.00 bits per heavy atom. The molecule has 130 valence electrons. The third-order valence-electron chi connectivity index (χ3n) is 3.54. The Hall–Kier alpha value is -2.97. The van der Waals surface area contributed by atoms with Gasteiger partial charge in [-0.3, -0.25) is 4.79 Å². The van der Waals surface area contributed by atoms with E-state index in [4.69, 9.17) is 0 Å². The molecule has 5 nitrogen and oxygen atoms in total. The fourth-order valence-corrected chi connectivity index (χ4v) is 2.41. The van der Waals surface area contributed by atoms with Gasteiger partial charge in [0.25, 0.3) is 0 Å². The van der Waals surface area contributed by atoms with E-state index >= 15 is 0 Å². The molecular weight excluding hydrogens is 340 g/mol. The van der Waals surface area contributed by atoms with Crippen LogP contribution in [0.5, 0.6) is 0 Å². The molecule has 0 amide bonds. The molecule has 2 aromatic heterocycles. The SMILES string of the molecule is Cc1nc(NCc2cccc(C(F)(F)F)c2F)c2c[nH]c(=O)cc2n1. The first kappa shape index (κ1) is 16.9. The van der Waals surface area contributed by atoms with E-state index in [-0.39, 0.29) is 23.5 Å². The van der Waals surface area contributed by atoms with E-state index in [0.29, 0.717) is 22.8 Å². The lowest BCUT2D eigenvalue weighted by molar-refractivity contribution is -0.140. The number of rotatable bonds is 3. The zero-order valence-corrected chi connectivity index (χ0v) is 12.9. The van der Waals surface area contributed by atoms with Crippen molar-refractivity contribution in [3.05, 3.63) is 63.6 Å². The van der Waals surface area contributed by atoms with Gasteiger partial charge in [-0.05, 0) is 13.0 Å². The van der Waals surface area contributed by atoms with E-state index in [1.54, 1.807) is 6.92 Å². The quantitative estimate of drug-likeness (QED) is 0.709. The van der Waals surface area contributed by atoms with E-state index < -0.39 is 17.6 Å². The lowest BCUT2D eigenvalue weighted by Crippen LogP contribution is -2.12. The molecule has 0 aliphatic heterocycles. The van der Waals surface area contributed by atoms with E-state index in [9.17, 15) is 22.4 Å². The van der Waals surface area contributed by atoms with Gasteiger partial charge in [-0.2, -0.15) is 13.2 Å². The number of pyridine rings is 1. The summed E-state index contributed by atoms with van der Waals surface area (Å²) >= 11 is 0. The predicted octanol–water partition coefficient (Wildman–Crippen LogP) is 3.40. The second-order valence-electron chi connectivity index (χ2n) is 5.35. The van der Waals surface area contributed by atoms with Crippen molar-refractivity contribution >= 4 is 16.7 Å². The third kappa shape index (κ3) is 3.44. The number of aromatic nitrogens is 3. The second kappa shape index (κ2) is 6.15. The minimum absolute atomic E-state index is 0.149. The van der Waals surface area contributed by atoms with Gasteiger partial charge in [0.05, 0.1) is 16.5 Å². The number of benzene rings is 1. The van der Waals surface area contributed by atoms with Gasteiger partial charge >= 0.3 is 6.18 Å². The van der Waals surface area contributed by atoms with E-state index in [2.05, 4.69) is 20.3 Å². The smallest absolute Gasteiger partial charge is 0.365 e. The van der Waals surface area contributed by atoms with Gasteiger partial charge in [-0.25, -0.2) is 14.4 Å². The number of hydrogen-bond donors (Lipinski definition) is 2. The molecule has 0 bridgehead atoms. The van der Waals surface area contributed by atoms with Crippen LogP contribution >= 0.6 is 0 Å². The highest BCUT2D eigenvalue weighted by molar-refractivity contribution is 5.88. The number of H-pyrrole nitrogens is 1. The van der Waals surface area contributed by atoms with Crippen LogP contribution in [0, 0.1) is 12.7 Å². The Morgan fingerprint density at radius 1 is 1.24 bits per heavy atom. The monoisotopic (exact) mass is 352 g/mol. The Bertz CT molecular complexity index is 998. The number of nitrogens with zero attached hydrogens (tertiary/aromatic N) is 2. The summed E-state index contributed by atoms with van der Waals surface area (Å²) in [6.45, 7) is 1.40. The average molecular weight is 352 g/mol. The van der Waals surface area contributed by atoms with Gasteiger partial charge in [-0.1, -0.05) is 12.1 Å². The Morgan fingerprint density at radius 3 is 2.72 bits per heavy atom. The number of anilines is 1. The standard InChI is InChI=1S/C16H12F4N4O/c1-8-23-12-5-13(25)21-7-10(12)15(24-8)22-6-9-3-2-4-11(14(9)17)16(18,19)20/h2-5,7H,6H2,1H3,(H,21,25)(H,22,23,24). The third-order valence-corrected chi connectivity index (χ3v) is 3.54. The van der Waals surface area contributed by atoms with E-state index in [1.165, 1.54) is 18.3 Å². The Kier molecular flexibility index (Phi) is 4.15. The van der Waals surface area contributed by atoms with Crippen LogP contribution in [-0.4, -0.2) is 15.0 Å². The van der Waals surface area contributed by atoms with Crippen LogP contribution < -0.4 is 10.9 Å². The molecule has 0 spiro atoms. The maximum Gasteiger partial charge on any atom is 0.419 e. The summed E-state index contributed by atoms with van der Waals surface area (Å²) in [5, 5.41) is 3.27. The number of halogens is 4. The van der Waals surface area contributed by atoms with Crippen LogP contribution in [0.2, 0.25) is 0 Å².